The van der Waals surface area contributed by atoms with Gasteiger partial charge in [-0.25, -0.2) is 4.98 Å². The van der Waals surface area contributed by atoms with Crippen LogP contribution in [0.1, 0.15) is 16.2 Å². The van der Waals surface area contributed by atoms with E-state index in [1.807, 2.05) is 24.3 Å². The Hall–Kier alpha value is -2.92. The van der Waals surface area contributed by atoms with Crippen molar-refractivity contribution in [1.29, 1.82) is 0 Å². The van der Waals surface area contributed by atoms with Gasteiger partial charge < -0.3 is 15.2 Å². The van der Waals surface area contributed by atoms with Crippen molar-refractivity contribution in [2.45, 2.75) is 18.2 Å². The average Bonchev–Trinajstić information content (AvgIpc) is 3.39. The molecular formula is C22H18Cl2N6O2S2. The number of fused-ring (bicyclic) bond motifs is 1. The van der Waals surface area contributed by atoms with Gasteiger partial charge in [0.1, 0.15) is 0 Å². The fourth-order valence-electron chi connectivity index (χ4n) is 3.01. The lowest BCUT2D eigenvalue weighted by Gasteiger charge is -2.09. The number of allylic oxidation sites excluding steroid dienone is 1. The van der Waals surface area contributed by atoms with E-state index in [0.717, 1.165) is 10.2 Å². The van der Waals surface area contributed by atoms with Gasteiger partial charge in [0, 0.05) is 11.6 Å². The summed E-state index contributed by atoms with van der Waals surface area (Å²) in [4.78, 5) is 29.4. The number of nitrogens with zero attached hydrogens (tertiary/aromatic N) is 4. The van der Waals surface area contributed by atoms with Crippen LogP contribution in [-0.2, 0) is 17.9 Å². The number of nitrogens with one attached hydrogen (secondary N) is 2. The molecule has 12 heteroatoms. The number of amides is 2. The zero-order chi connectivity index (χ0) is 24.1. The van der Waals surface area contributed by atoms with Gasteiger partial charge in [0.2, 0.25) is 5.91 Å². The number of thioether (sulfide) groups is 1. The highest BCUT2D eigenvalue weighted by Gasteiger charge is 2.16. The highest BCUT2D eigenvalue weighted by molar-refractivity contribution is 7.99. The summed E-state index contributed by atoms with van der Waals surface area (Å²) in [5, 5.41) is 15.7. The number of rotatable bonds is 9. The third-order valence-corrected chi connectivity index (χ3v) is 7.03. The molecule has 0 bridgehead atoms. The molecule has 0 radical (unpaired) electrons. The Morgan fingerprint density at radius 2 is 2.00 bits per heavy atom. The van der Waals surface area contributed by atoms with Crippen molar-refractivity contribution < 1.29 is 9.59 Å². The lowest BCUT2D eigenvalue weighted by molar-refractivity contribution is -0.113. The molecule has 0 fully saturated rings. The Labute approximate surface area is 213 Å². The molecule has 174 valence electrons. The molecule has 0 spiro atoms. The van der Waals surface area contributed by atoms with Crippen LogP contribution < -0.4 is 10.6 Å². The lowest BCUT2D eigenvalue weighted by atomic mass is 10.2. The predicted molar refractivity (Wildman–Crippen MR) is 137 cm³/mol. The molecule has 34 heavy (non-hydrogen) atoms. The van der Waals surface area contributed by atoms with E-state index in [1.165, 1.54) is 29.2 Å². The van der Waals surface area contributed by atoms with E-state index < -0.39 is 0 Å². The molecule has 4 rings (SSSR count). The Kier molecular flexibility index (Phi) is 7.84. The molecule has 2 N–H and O–H groups in total. The molecule has 0 saturated heterocycles. The first-order chi connectivity index (χ1) is 16.4. The Morgan fingerprint density at radius 1 is 1.18 bits per heavy atom. The average molecular weight is 533 g/mol. The summed E-state index contributed by atoms with van der Waals surface area (Å²) in [6.07, 6.45) is 1.69. The summed E-state index contributed by atoms with van der Waals surface area (Å²) >= 11 is 14.6. The van der Waals surface area contributed by atoms with Gasteiger partial charge in [0.05, 0.1) is 33.1 Å². The summed E-state index contributed by atoms with van der Waals surface area (Å²) in [6.45, 7) is 4.30. The van der Waals surface area contributed by atoms with Crippen molar-refractivity contribution in [3.8, 4) is 0 Å². The zero-order valence-corrected chi connectivity index (χ0v) is 20.8. The normalized spacial score (nSPS) is 10.9. The van der Waals surface area contributed by atoms with E-state index in [1.54, 1.807) is 22.8 Å². The molecule has 2 heterocycles. The smallest absolute Gasteiger partial charge is 0.253 e. The number of thiazole rings is 1. The van der Waals surface area contributed by atoms with Gasteiger partial charge in [0.25, 0.3) is 5.91 Å². The minimum atomic E-state index is -0.362. The first-order valence-electron chi connectivity index (χ1n) is 9.99. The Balaban J connectivity index is 1.37. The maximum atomic E-state index is 12.5. The number of benzene rings is 2. The fraction of sp³-hybridized carbons (Fsp3) is 0.136. The second kappa shape index (κ2) is 11.0. The number of aromatic nitrogens is 4. The van der Waals surface area contributed by atoms with E-state index in [2.05, 4.69) is 32.4 Å². The molecule has 0 atom stereocenters. The number of carbonyl (C=O) groups is 2. The molecule has 0 unspecified atom stereocenters. The van der Waals surface area contributed by atoms with Crippen LogP contribution in [0.2, 0.25) is 10.0 Å². The third kappa shape index (κ3) is 5.76. The van der Waals surface area contributed by atoms with E-state index in [0.29, 0.717) is 33.2 Å². The lowest BCUT2D eigenvalue weighted by Crippen LogP contribution is -2.25. The largest absolute Gasteiger partial charge is 0.345 e. The standard InChI is InChI=1S/C22H18Cl2N6O2S2/c1-2-9-30-18(11-25-20(32)14-8-7-13(23)10-15(14)24)28-29-22(30)33-12-19(31)27-21-26-16-5-3-4-6-17(16)34-21/h2-8,10H,1,9,11-12H2,(H,25,32)(H,26,27,31). The van der Waals surface area contributed by atoms with Crippen LogP contribution in [0, 0.1) is 0 Å². The molecule has 2 amide bonds. The molecule has 0 aliphatic heterocycles. The number of para-hydroxylation sites is 1. The van der Waals surface area contributed by atoms with Gasteiger partial charge in [-0.15, -0.1) is 16.8 Å². The monoisotopic (exact) mass is 532 g/mol. The zero-order valence-electron chi connectivity index (χ0n) is 17.6. The Bertz CT molecular complexity index is 1340. The van der Waals surface area contributed by atoms with Gasteiger partial charge in [-0.2, -0.15) is 0 Å². The highest BCUT2D eigenvalue weighted by Crippen LogP contribution is 2.26. The topological polar surface area (TPSA) is 102 Å². The van der Waals surface area contributed by atoms with Gasteiger partial charge in [-0.3, -0.25) is 9.59 Å². The molecule has 2 aromatic carbocycles. The maximum absolute atomic E-state index is 12.5. The number of anilines is 1. The highest BCUT2D eigenvalue weighted by atomic mass is 35.5. The predicted octanol–water partition coefficient (Wildman–Crippen LogP) is 5.04. The van der Waals surface area contributed by atoms with Crippen LogP contribution in [0.5, 0.6) is 0 Å². The minimum absolute atomic E-state index is 0.122. The summed E-state index contributed by atoms with van der Waals surface area (Å²) < 4.78 is 2.79. The van der Waals surface area contributed by atoms with Gasteiger partial charge in [-0.1, -0.05) is 64.5 Å². The quantitative estimate of drug-likeness (QED) is 0.231. The number of carbonyl (C=O) groups excluding carboxylic acids is 2. The first kappa shape index (κ1) is 24.2. The second-order valence-corrected chi connectivity index (χ2v) is 9.75. The summed E-state index contributed by atoms with van der Waals surface area (Å²) in [6, 6.07) is 12.3. The van der Waals surface area contributed by atoms with Gasteiger partial charge >= 0.3 is 0 Å². The van der Waals surface area contributed by atoms with Crippen molar-refractivity contribution in [2.75, 3.05) is 11.1 Å². The molecule has 4 aromatic rings. The number of hydrogen-bond donors (Lipinski definition) is 2. The van der Waals surface area contributed by atoms with E-state index >= 15 is 0 Å². The second-order valence-electron chi connectivity index (χ2n) is 6.93. The Morgan fingerprint density at radius 3 is 2.76 bits per heavy atom. The van der Waals surface area contributed by atoms with E-state index in [-0.39, 0.29) is 29.1 Å². The van der Waals surface area contributed by atoms with E-state index in [4.69, 9.17) is 23.2 Å². The van der Waals surface area contributed by atoms with Crippen LogP contribution in [-0.4, -0.2) is 37.3 Å². The van der Waals surface area contributed by atoms with Crippen LogP contribution in [0.15, 0.2) is 60.3 Å². The number of halogens is 2. The number of hydrogen-bond acceptors (Lipinski definition) is 7. The summed E-state index contributed by atoms with van der Waals surface area (Å²) in [5.41, 5.74) is 1.15. The fourth-order valence-corrected chi connectivity index (χ4v) is 5.15. The molecular weight excluding hydrogens is 515 g/mol. The SMILES string of the molecule is C=CCn1c(CNC(=O)c2ccc(Cl)cc2Cl)nnc1SCC(=O)Nc1nc2ccccc2s1. The van der Waals surface area contributed by atoms with Crippen molar-refractivity contribution >= 4 is 73.5 Å². The molecule has 0 saturated carbocycles. The van der Waals surface area contributed by atoms with Crippen LogP contribution >= 0.6 is 46.3 Å². The molecule has 0 aliphatic rings. The van der Waals surface area contributed by atoms with Gasteiger partial charge in [0.15, 0.2) is 16.1 Å². The molecule has 8 nitrogen and oxygen atoms in total. The van der Waals surface area contributed by atoms with Crippen LogP contribution in [0.3, 0.4) is 0 Å². The summed E-state index contributed by atoms with van der Waals surface area (Å²) in [7, 11) is 0. The van der Waals surface area contributed by atoms with Crippen LogP contribution in [0.4, 0.5) is 5.13 Å². The minimum Gasteiger partial charge on any atom is -0.345 e. The van der Waals surface area contributed by atoms with Crippen molar-refractivity contribution in [3.05, 3.63) is 76.6 Å². The maximum Gasteiger partial charge on any atom is 0.253 e. The van der Waals surface area contributed by atoms with Crippen molar-refractivity contribution in [1.82, 2.24) is 25.1 Å². The third-order valence-electron chi connectivity index (χ3n) is 4.56. The van der Waals surface area contributed by atoms with Gasteiger partial charge in [-0.05, 0) is 30.3 Å². The van der Waals surface area contributed by atoms with Crippen molar-refractivity contribution in [3.63, 3.8) is 0 Å². The van der Waals surface area contributed by atoms with E-state index in [9.17, 15) is 9.59 Å². The van der Waals surface area contributed by atoms with Crippen LogP contribution in [0.25, 0.3) is 10.2 Å². The van der Waals surface area contributed by atoms with Crippen molar-refractivity contribution in [2.24, 2.45) is 0 Å². The summed E-state index contributed by atoms with van der Waals surface area (Å²) in [5.74, 6) is 0.0777. The molecule has 0 aliphatic carbocycles. The first-order valence-corrected chi connectivity index (χ1v) is 12.5. The molecule has 2 aromatic heterocycles.